The lowest BCUT2D eigenvalue weighted by Gasteiger charge is -2.44. The molecule has 2 N–H and O–H groups in total. The van der Waals surface area contributed by atoms with Crippen molar-refractivity contribution in [2.45, 2.75) is 57.4 Å². The van der Waals surface area contributed by atoms with Crippen molar-refractivity contribution in [3.8, 4) is 22.9 Å². The van der Waals surface area contributed by atoms with Gasteiger partial charge in [-0.05, 0) is 80.0 Å². The van der Waals surface area contributed by atoms with Crippen LogP contribution in [0.15, 0.2) is 46.4 Å². The van der Waals surface area contributed by atoms with E-state index < -0.39 is 18.4 Å². The van der Waals surface area contributed by atoms with Crippen LogP contribution in [-0.2, 0) is 16.8 Å². The number of methoxy groups -OCH3 is 1. The van der Waals surface area contributed by atoms with Crippen molar-refractivity contribution >= 4 is 11.5 Å². The molecule has 1 fully saturated rings. The summed E-state index contributed by atoms with van der Waals surface area (Å²) < 4.78 is 35.8. The average molecular weight is 465 g/mol. The average Bonchev–Trinajstić information content (AvgIpc) is 3.27. The first-order valence-corrected chi connectivity index (χ1v) is 11.4. The third-order valence-corrected chi connectivity index (χ3v) is 7.53. The lowest BCUT2D eigenvalue weighted by Crippen LogP contribution is -2.43. The van der Waals surface area contributed by atoms with Crippen LogP contribution in [0, 0.1) is 16.7 Å². The van der Waals surface area contributed by atoms with Crippen LogP contribution in [0.5, 0.6) is 5.75 Å². The topological polar surface area (TPSA) is 93.0 Å². The van der Waals surface area contributed by atoms with Crippen molar-refractivity contribution < 1.29 is 18.3 Å². The molecule has 0 aromatic heterocycles. The summed E-state index contributed by atoms with van der Waals surface area (Å²) in [7, 11) is 1.57. The summed E-state index contributed by atoms with van der Waals surface area (Å²) in [6, 6.07) is 13.8. The van der Waals surface area contributed by atoms with Gasteiger partial charge in [-0.1, -0.05) is 12.1 Å². The number of alkyl halides is 2. The van der Waals surface area contributed by atoms with Crippen molar-refractivity contribution in [3.63, 3.8) is 0 Å². The maximum atomic E-state index is 12.8. The Morgan fingerprint density at radius 3 is 2.50 bits per heavy atom. The highest BCUT2D eigenvalue weighted by Crippen LogP contribution is 2.62. The quantitative estimate of drug-likeness (QED) is 0.693. The Labute approximate surface area is 197 Å². The zero-order valence-corrected chi connectivity index (χ0v) is 19.1. The first kappa shape index (κ1) is 22.5. The number of nitrogens with two attached hydrogens (primary N) is 1. The molecule has 1 aliphatic heterocycles. The summed E-state index contributed by atoms with van der Waals surface area (Å²) in [5.41, 5.74) is 10.1. The minimum atomic E-state index is -2.77. The number of aliphatic imine (C=N–C) groups is 2. The van der Waals surface area contributed by atoms with Crippen LogP contribution < -0.4 is 10.5 Å². The second-order valence-corrected chi connectivity index (χ2v) is 9.35. The molecule has 0 unspecified atom stereocenters. The smallest absolute Gasteiger partial charge is 0.345 e. The number of amidine groups is 1. The minimum absolute atomic E-state index is 0.343. The highest BCUT2D eigenvalue weighted by atomic mass is 19.3. The molecule has 1 atom stereocenters. The van der Waals surface area contributed by atoms with Crippen LogP contribution in [0.25, 0.3) is 11.1 Å². The van der Waals surface area contributed by atoms with E-state index in [9.17, 15) is 14.0 Å². The molecule has 34 heavy (non-hydrogen) atoms. The second-order valence-electron chi connectivity index (χ2n) is 9.35. The van der Waals surface area contributed by atoms with E-state index in [0.29, 0.717) is 48.5 Å². The molecule has 0 amide bonds. The van der Waals surface area contributed by atoms with Crippen molar-refractivity contribution in [1.82, 2.24) is 0 Å². The maximum absolute atomic E-state index is 12.8. The van der Waals surface area contributed by atoms with Crippen LogP contribution in [0.3, 0.4) is 0 Å². The molecule has 2 spiro atoms. The lowest BCUT2D eigenvalue weighted by atomic mass is 9.65. The molecule has 2 aromatic rings. The van der Waals surface area contributed by atoms with Gasteiger partial charge in [-0.15, -0.1) is 0 Å². The molecule has 176 valence electrons. The van der Waals surface area contributed by atoms with E-state index in [0.717, 1.165) is 28.7 Å². The SMILES string of the molecule is COc1cc(C#N)cc(-c2ccc3c(c2)[C@@]2(N=C(C)C(N)=N2)[C@]2(CC[C@H](OC(F)F)CC2)C3)c1. The van der Waals surface area contributed by atoms with Gasteiger partial charge in [0.2, 0.25) is 0 Å². The van der Waals surface area contributed by atoms with E-state index in [2.05, 4.69) is 18.2 Å². The summed E-state index contributed by atoms with van der Waals surface area (Å²) >= 11 is 0. The van der Waals surface area contributed by atoms with Gasteiger partial charge < -0.3 is 15.2 Å². The Morgan fingerprint density at radius 1 is 1.12 bits per heavy atom. The zero-order valence-electron chi connectivity index (χ0n) is 19.1. The Kier molecular flexibility index (Phi) is 5.40. The largest absolute Gasteiger partial charge is 0.497 e. The Bertz CT molecular complexity index is 1220. The first-order chi connectivity index (χ1) is 16.3. The summed E-state index contributed by atoms with van der Waals surface area (Å²) in [5.74, 6) is 1.02. The van der Waals surface area contributed by atoms with Gasteiger partial charge in [0, 0.05) is 11.0 Å². The normalized spacial score (nSPS) is 27.6. The Morgan fingerprint density at radius 2 is 1.88 bits per heavy atom. The van der Waals surface area contributed by atoms with Crippen LogP contribution in [0.4, 0.5) is 8.78 Å². The minimum Gasteiger partial charge on any atom is -0.497 e. The third-order valence-electron chi connectivity index (χ3n) is 7.53. The van der Waals surface area contributed by atoms with E-state index in [1.807, 2.05) is 25.1 Å². The number of hydrogen-bond donors (Lipinski definition) is 1. The van der Waals surface area contributed by atoms with E-state index >= 15 is 0 Å². The highest BCUT2D eigenvalue weighted by Gasteiger charge is 2.60. The molecule has 0 bridgehead atoms. The van der Waals surface area contributed by atoms with Gasteiger partial charge in [-0.3, -0.25) is 4.99 Å². The van der Waals surface area contributed by atoms with Crippen molar-refractivity contribution in [1.29, 1.82) is 5.26 Å². The molecule has 0 saturated heterocycles. The van der Waals surface area contributed by atoms with Gasteiger partial charge in [-0.25, -0.2) is 4.99 Å². The lowest BCUT2D eigenvalue weighted by molar-refractivity contribution is -0.177. The van der Waals surface area contributed by atoms with E-state index in [1.165, 1.54) is 0 Å². The first-order valence-electron chi connectivity index (χ1n) is 11.4. The van der Waals surface area contributed by atoms with E-state index in [-0.39, 0.29) is 5.41 Å². The molecule has 6 nitrogen and oxygen atoms in total. The number of fused-ring (bicyclic) bond motifs is 3. The molecule has 3 aliphatic rings. The highest BCUT2D eigenvalue weighted by molar-refractivity contribution is 6.41. The molecule has 1 heterocycles. The molecule has 5 rings (SSSR count). The van der Waals surface area contributed by atoms with Crippen molar-refractivity contribution in [2.75, 3.05) is 7.11 Å². The van der Waals surface area contributed by atoms with Gasteiger partial charge in [0.15, 0.2) is 5.66 Å². The van der Waals surface area contributed by atoms with Crippen LogP contribution in [0.1, 0.15) is 49.3 Å². The fourth-order valence-corrected chi connectivity index (χ4v) is 5.84. The number of rotatable bonds is 4. The number of hydrogen-bond acceptors (Lipinski definition) is 6. The van der Waals surface area contributed by atoms with Crippen LogP contribution in [0.2, 0.25) is 0 Å². The van der Waals surface area contributed by atoms with Gasteiger partial charge in [0.1, 0.15) is 11.6 Å². The number of benzene rings is 2. The number of nitrogens with zero attached hydrogens (tertiary/aromatic N) is 3. The maximum Gasteiger partial charge on any atom is 0.345 e. The molecule has 2 aliphatic carbocycles. The van der Waals surface area contributed by atoms with Gasteiger partial charge in [-0.2, -0.15) is 14.0 Å². The van der Waals surface area contributed by atoms with Gasteiger partial charge in [0.25, 0.3) is 0 Å². The van der Waals surface area contributed by atoms with Gasteiger partial charge >= 0.3 is 6.61 Å². The monoisotopic (exact) mass is 464 g/mol. The van der Waals surface area contributed by atoms with E-state index in [4.69, 9.17) is 25.2 Å². The number of ether oxygens (including phenoxy) is 2. The number of nitriles is 1. The van der Waals surface area contributed by atoms with Crippen LogP contribution in [-0.4, -0.2) is 31.4 Å². The third kappa shape index (κ3) is 3.46. The molecule has 0 radical (unpaired) electrons. The second kappa shape index (κ2) is 8.17. The van der Waals surface area contributed by atoms with Crippen molar-refractivity contribution in [2.24, 2.45) is 21.1 Å². The summed E-state index contributed by atoms with van der Waals surface area (Å²) in [5, 5.41) is 9.44. The zero-order chi connectivity index (χ0) is 24.1. The summed E-state index contributed by atoms with van der Waals surface area (Å²) in [6.07, 6.45) is 2.67. The molecular formula is C26H26F2N4O2. The standard InChI is InChI=1S/C26H26F2N4O2/c1-15-23(30)32-26(31-15)22-12-17(19-9-16(14-29)10-21(11-19)33-2)3-4-18(22)13-25(26)7-5-20(6-8-25)34-24(27)28/h3-4,9-12,20,24H,5-8,13H2,1-2H3,(H2,30,32)/t20-,25-,26-/m0/s1. The van der Waals surface area contributed by atoms with Gasteiger partial charge in [0.05, 0.1) is 30.6 Å². The molecular weight excluding hydrogens is 438 g/mol. The predicted octanol–water partition coefficient (Wildman–Crippen LogP) is 4.94. The summed E-state index contributed by atoms with van der Waals surface area (Å²) in [6.45, 7) is -0.909. The fourth-order valence-electron chi connectivity index (χ4n) is 5.84. The number of halogens is 2. The molecule has 8 heteroatoms. The fraction of sp³-hybridized carbons (Fsp3) is 0.423. The van der Waals surface area contributed by atoms with Crippen molar-refractivity contribution in [3.05, 3.63) is 53.1 Å². The summed E-state index contributed by atoms with van der Waals surface area (Å²) in [4.78, 5) is 9.96. The Balaban J connectivity index is 1.59. The van der Waals surface area contributed by atoms with E-state index in [1.54, 1.807) is 13.2 Å². The molecule has 2 aromatic carbocycles. The van der Waals surface area contributed by atoms with Crippen LogP contribution >= 0.6 is 0 Å². The predicted molar refractivity (Wildman–Crippen MR) is 125 cm³/mol. The molecule has 1 saturated carbocycles. The Hall–Kier alpha value is -3.31.